The molecule has 32 heavy (non-hydrogen) atoms. The van der Waals surface area contributed by atoms with Crippen molar-refractivity contribution in [3.63, 3.8) is 0 Å². The van der Waals surface area contributed by atoms with Crippen molar-refractivity contribution in [3.05, 3.63) is 80.3 Å². The van der Waals surface area contributed by atoms with Crippen molar-refractivity contribution < 1.29 is 19.1 Å². The fourth-order valence-electron chi connectivity index (χ4n) is 4.30. The molecule has 0 saturated carbocycles. The summed E-state index contributed by atoms with van der Waals surface area (Å²) in [5.74, 6) is -2.45. The lowest BCUT2D eigenvalue weighted by atomic mass is 9.92. The summed E-state index contributed by atoms with van der Waals surface area (Å²) in [7, 11) is 0. The van der Waals surface area contributed by atoms with Gasteiger partial charge in [0.05, 0.1) is 16.8 Å². The monoisotopic (exact) mass is 475 g/mol. The first-order valence-corrected chi connectivity index (χ1v) is 10.7. The van der Waals surface area contributed by atoms with Crippen molar-refractivity contribution in [1.29, 1.82) is 0 Å². The minimum Gasteiger partial charge on any atom is -0.480 e. The molecule has 9 heteroatoms. The predicted molar refractivity (Wildman–Crippen MR) is 120 cm³/mol. The molecular weight excluding hydrogens is 456 g/mol. The Morgan fingerprint density at radius 2 is 1.97 bits per heavy atom. The van der Waals surface area contributed by atoms with Crippen molar-refractivity contribution in [2.45, 2.75) is 39.3 Å². The van der Waals surface area contributed by atoms with Crippen LogP contribution in [0, 0.1) is 12.7 Å². The van der Waals surface area contributed by atoms with Gasteiger partial charge in [0.15, 0.2) is 11.5 Å². The zero-order valence-corrected chi connectivity index (χ0v) is 19.1. The van der Waals surface area contributed by atoms with Gasteiger partial charge in [-0.05, 0) is 48.2 Å². The molecule has 0 saturated heterocycles. The highest BCUT2D eigenvalue weighted by Gasteiger charge is 2.46. The number of aromatic nitrogens is 2. The number of carboxylic acids is 1. The van der Waals surface area contributed by atoms with Crippen molar-refractivity contribution >= 4 is 40.8 Å². The second-order valence-corrected chi connectivity index (χ2v) is 8.85. The summed E-state index contributed by atoms with van der Waals surface area (Å²) in [4.78, 5) is 26.3. The molecule has 1 aliphatic rings. The highest BCUT2D eigenvalue weighted by molar-refractivity contribution is 6.31. The number of hydrogen-bond donors (Lipinski definition) is 1. The van der Waals surface area contributed by atoms with Crippen LogP contribution in [-0.4, -0.2) is 26.8 Å². The van der Waals surface area contributed by atoms with Crippen LogP contribution in [0.1, 0.15) is 58.7 Å². The third kappa shape index (κ3) is 3.55. The van der Waals surface area contributed by atoms with Crippen molar-refractivity contribution in [2.75, 3.05) is 4.90 Å². The number of hydrogen-bond acceptors (Lipinski definition) is 3. The lowest BCUT2D eigenvalue weighted by Crippen LogP contribution is -2.31. The Labute approximate surface area is 194 Å². The molecule has 2 heterocycles. The van der Waals surface area contributed by atoms with E-state index in [4.69, 9.17) is 23.2 Å². The van der Waals surface area contributed by atoms with Crippen molar-refractivity contribution in [3.8, 4) is 0 Å². The molecule has 0 aliphatic carbocycles. The molecule has 1 unspecified atom stereocenters. The van der Waals surface area contributed by atoms with Gasteiger partial charge in [-0.1, -0.05) is 49.2 Å². The summed E-state index contributed by atoms with van der Waals surface area (Å²) in [6.07, 6.45) is 0. The molecule has 0 bridgehead atoms. The van der Waals surface area contributed by atoms with Crippen LogP contribution in [0.15, 0.2) is 36.4 Å². The molecule has 6 nitrogen and oxygen atoms in total. The minimum absolute atomic E-state index is 0.0272. The van der Waals surface area contributed by atoms with Crippen LogP contribution in [0.25, 0.3) is 0 Å². The molecule has 166 valence electrons. The molecule has 0 spiro atoms. The number of aryl methyl sites for hydroxylation is 1. The number of anilines is 1. The molecule has 2 aromatic carbocycles. The van der Waals surface area contributed by atoms with E-state index in [0.29, 0.717) is 16.3 Å². The first kappa shape index (κ1) is 22.3. The Hall–Kier alpha value is -2.90. The molecule has 3 aromatic rings. The first-order valence-electron chi connectivity index (χ1n) is 9.97. The number of carboxylic acid groups (broad SMARTS) is 1. The van der Waals surface area contributed by atoms with E-state index in [2.05, 4.69) is 5.10 Å². The highest BCUT2D eigenvalue weighted by atomic mass is 35.5. The maximum absolute atomic E-state index is 15.1. The van der Waals surface area contributed by atoms with Gasteiger partial charge in [-0.3, -0.25) is 19.2 Å². The fourth-order valence-corrected chi connectivity index (χ4v) is 4.70. The lowest BCUT2D eigenvalue weighted by Gasteiger charge is -2.29. The molecule has 1 N–H and O–H groups in total. The van der Waals surface area contributed by atoms with Crippen LogP contribution in [0.5, 0.6) is 0 Å². The maximum atomic E-state index is 15.1. The normalized spacial score (nSPS) is 15.5. The zero-order valence-electron chi connectivity index (χ0n) is 17.6. The number of benzene rings is 2. The van der Waals surface area contributed by atoms with Crippen LogP contribution in [0.3, 0.4) is 0 Å². The Bertz CT molecular complexity index is 1260. The summed E-state index contributed by atoms with van der Waals surface area (Å²) in [5, 5.41) is 14.1. The van der Waals surface area contributed by atoms with Gasteiger partial charge in [-0.15, -0.1) is 0 Å². The number of amides is 1. The summed E-state index contributed by atoms with van der Waals surface area (Å²) in [6, 6.07) is 9.02. The van der Waals surface area contributed by atoms with Crippen LogP contribution in [0.4, 0.5) is 10.1 Å². The van der Waals surface area contributed by atoms with Gasteiger partial charge < -0.3 is 5.11 Å². The number of nitrogens with zero attached hydrogens (tertiary/aromatic N) is 3. The summed E-state index contributed by atoms with van der Waals surface area (Å²) < 4.78 is 16.4. The highest BCUT2D eigenvalue weighted by Crippen LogP contribution is 2.47. The van der Waals surface area contributed by atoms with Gasteiger partial charge in [-0.2, -0.15) is 5.10 Å². The molecule has 0 radical (unpaired) electrons. The topological polar surface area (TPSA) is 75.4 Å². The smallest absolute Gasteiger partial charge is 0.325 e. The van der Waals surface area contributed by atoms with E-state index in [1.54, 1.807) is 24.3 Å². The van der Waals surface area contributed by atoms with Crippen molar-refractivity contribution in [1.82, 2.24) is 9.78 Å². The van der Waals surface area contributed by atoms with Gasteiger partial charge in [0.25, 0.3) is 5.91 Å². The second kappa shape index (κ2) is 8.22. The summed E-state index contributed by atoms with van der Waals surface area (Å²) >= 11 is 12.2. The largest absolute Gasteiger partial charge is 0.480 e. The Morgan fingerprint density at radius 1 is 1.25 bits per heavy atom. The SMILES string of the molecule is Cc1cc(Cl)ccc1C1c2c(nn(CC(=O)O)c2C(C)C)C(=O)N1c1cccc(Cl)c1F. The zero-order chi connectivity index (χ0) is 23.3. The van der Waals surface area contributed by atoms with Gasteiger partial charge in [0, 0.05) is 16.3 Å². The number of carbonyl (C=O) groups is 2. The molecule has 1 amide bonds. The average molecular weight is 476 g/mol. The predicted octanol–water partition coefficient (Wildman–Crippen LogP) is 5.60. The summed E-state index contributed by atoms with van der Waals surface area (Å²) in [5.41, 5.74) is 2.85. The number of fused-ring (bicyclic) bond motifs is 1. The molecular formula is C23H20Cl2FN3O3. The maximum Gasteiger partial charge on any atom is 0.325 e. The number of rotatable bonds is 5. The third-order valence-corrected chi connectivity index (χ3v) is 6.06. The Morgan fingerprint density at radius 3 is 2.59 bits per heavy atom. The van der Waals surface area contributed by atoms with Gasteiger partial charge in [0.2, 0.25) is 0 Å². The average Bonchev–Trinajstić information content (AvgIpc) is 3.18. The van der Waals surface area contributed by atoms with E-state index < -0.39 is 23.7 Å². The van der Waals surface area contributed by atoms with Gasteiger partial charge in [-0.25, -0.2) is 4.39 Å². The van der Waals surface area contributed by atoms with E-state index in [1.165, 1.54) is 21.7 Å². The fraction of sp³-hybridized carbons (Fsp3) is 0.261. The molecule has 1 aromatic heterocycles. The number of carbonyl (C=O) groups excluding carboxylic acids is 1. The van der Waals surface area contributed by atoms with E-state index >= 15 is 4.39 Å². The molecule has 1 atom stereocenters. The third-order valence-electron chi connectivity index (χ3n) is 5.53. The standard InChI is InChI=1S/C23H20Cl2FN3O3/c1-11(2)21-18-20(27-28(21)10-17(30)31)23(32)29(16-6-4-5-15(25)19(16)26)22(18)14-8-7-13(24)9-12(14)3/h4-9,11,22H,10H2,1-3H3,(H,30,31). The molecule has 0 fully saturated rings. The quantitative estimate of drug-likeness (QED) is 0.521. The van der Waals surface area contributed by atoms with Gasteiger partial charge in [0.1, 0.15) is 6.54 Å². The van der Waals surface area contributed by atoms with Crippen molar-refractivity contribution in [2.24, 2.45) is 0 Å². The molecule has 4 rings (SSSR count). The van der Waals surface area contributed by atoms with Crippen LogP contribution in [-0.2, 0) is 11.3 Å². The van der Waals surface area contributed by atoms with Gasteiger partial charge >= 0.3 is 5.97 Å². The van der Waals surface area contributed by atoms with E-state index in [-0.39, 0.29) is 28.9 Å². The second-order valence-electron chi connectivity index (χ2n) is 8.01. The Balaban J connectivity index is 2.03. The first-order chi connectivity index (χ1) is 15.1. The van der Waals surface area contributed by atoms with Crippen LogP contribution in [0.2, 0.25) is 10.0 Å². The molecule has 1 aliphatic heterocycles. The Kier molecular flexibility index (Phi) is 5.73. The minimum atomic E-state index is -1.07. The van der Waals surface area contributed by atoms with Crippen LogP contribution >= 0.6 is 23.2 Å². The number of halogens is 3. The van der Waals surface area contributed by atoms with E-state index in [1.807, 2.05) is 20.8 Å². The summed E-state index contributed by atoms with van der Waals surface area (Å²) in [6.45, 7) is 5.27. The van der Waals surface area contributed by atoms with E-state index in [0.717, 1.165) is 11.1 Å². The van der Waals surface area contributed by atoms with E-state index in [9.17, 15) is 14.7 Å². The number of aliphatic carboxylic acids is 1. The lowest BCUT2D eigenvalue weighted by molar-refractivity contribution is -0.137. The van der Waals surface area contributed by atoms with Crippen LogP contribution < -0.4 is 4.90 Å².